The van der Waals surface area contributed by atoms with Gasteiger partial charge in [-0.05, 0) is 59.1 Å². The van der Waals surface area contributed by atoms with Gasteiger partial charge in [-0.1, -0.05) is 17.7 Å². The summed E-state index contributed by atoms with van der Waals surface area (Å²) in [6, 6.07) is 9.21. The van der Waals surface area contributed by atoms with Gasteiger partial charge in [0.15, 0.2) is 0 Å². The van der Waals surface area contributed by atoms with Crippen LogP contribution in [0, 0.1) is 5.82 Å². The van der Waals surface area contributed by atoms with E-state index in [-0.39, 0.29) is 16.9 Å². The van der Waals surface area contributed by atoms with E-state index >= 15 is 0 Å². The number of nitrogens with one attached hydrogen (secondary N) is 1. The summed E-state index contributed by atoms with van der Waals surface area (Å²) in [6.07, 6.45) is 0.969. The minimum atomic E-state index is -0.366. The Morgan fingerprint density at radius 2 is 2.16 bits per heavy atom. The Labute approximate surface area is 129 Å². The van der Waals surface area contributed by atoms with Crippen molar-refractivity contribution in [2.75, 3.05) is 6.54 Å². The fourth-order valence-corrected chi connectivity index (χ4v) is 3.40. The van der Waals surface area contributed by atoms with Gasteiger partial charge in [0, 0.05) is 17.5 Å². The number of hydrogen-bond acceptors (Lipinski definition) is 2. The van der Waals surface area contributed by atoms with Gasteiger partial charge in [-0.2, -0.15) is 0 Å². The van der Waals surface area contributed by atoms with Crippen molar-refractivity contribution < 1.29 is 4.39 Å². The van der Waals surface area contributed by atoms with Crippen LogP contribution in [-0.2, 0) is 6.42 Å². The van der Waals surface area contributed by atoms with E-state index in [0.29, 0.717) is 0 Å². The molecule has 1 N–H and O–H groups in total. The molecule has 0 spiro atoms. The quantitative estimate of drug-likeness (QED) is 0.771. The largest absolute Gasteiger partial charge is 0.310 e. The molecule has 0 saturated carbocycles. The Morgan fingerprint density at radius 3 is 2.79 bits per heavy atom. The SMILES string of the molecule is CC(NCCc1ccc(Br)s1)c1ccc(Cl)c(F)c1. The highest BCUT2D eigenvalue weighted by atomic mass is 79.9. The molecule has 5 heteroatoms. The first-order chi connectivity index (χ1) is 9.06. The first-order valence-corrected chi connectivity index (χ1v) is 7.97. The molecule has 0 aliphatic rings. The van der Waals surface area contributed by atoms with Crippen molar-refractivity contribution in [2.45, 2.75) is 19.4 Å². The molecule has 2 aromatic rings. The van der Waals surface area contributed by atoms with Crippen molar-refractivity contribution in [1.29, 1.82) is 0 Å². The van der Waals surface area contributed by atoms with Gasteiger partial charge in [0.2, 0.25) is 0 Å². The van der Waals surface area contributed by atoms with Crippen LogP contribution < -0.4 is 5.32 Å². The van der Waals surface area contributed by atoms with Crippen LogP contribution in [0.1, 0.15) is 23.4 Å². The van der Waals surface area contributed by atoms with Crippen LogP contribution in [0.4, 0.5) is 4.39 Å². The summed E-state index contributed by atoms with van der Waals surface area (Å²) in [6.45, 7) is 2.88. The van der Waals surface area contributed by atoms with E-state index < -0.39 is 0 Å². The second-order valence-electron chi connectivity index (χ2n) is 4.31. The van der Waals surface area contributed by atoms with Gasteiger partial charge in [-0.25, -0.2) is 4.39 Å². The van der Waals surface area contributed by atoms with Crippen LogP contribution in [0.3, 0.4) is 0 Å². The molecule has 102 valence electrons. The summed E-state index contributed by atoms with van der Waals surface area (Å²) in [7, 11) is 0. The first-order valence-electron chi connectivity index (χ1n) is 5.99. The molecule has 1 aromatic heterocycles. The van der Waals surface area contributed by atoms with E-state index in [1.54, 1.807) is 17.4 Å². The lowest BCUT2D eigenvalue weighted by Crippen LogP contribution is -2.21. The van der Waals surface area contributed by atoms with Gasteiger partial charge in [0.05, 0.1) is 8.81 Å². The van der Waals surface area contributed by atoms with Crippen molar-refractivity contribution in [2.24, 2.45) is 0 Å². The maximum atomic E-state index is 13.4. The van der Waals surface area contributed by atoms with E-state index in [1.807, 2.05) is 13.0 Å². The number of rotatable bonds is 5. The second kappa shape index (κ2) is 6.84. The average Bonchev–Trinajstić information content (AvgIpc) is 2.78. The van der Waals surface area contributed by atoms with Crippen molar-refractivity contribution in [3.63, 3.8) is 0 Å². The van der Waals surface area contributed by atoms with Crippen LogP contribution in [0.5, 0.6) is 0 Å². The smallest absolute Gasteiger partial charge is 0.142 e. The molecule has 1 atom stereocenters. The third kappa shape index (κ3) is 4.28. The summed E-state index contributed by atoms with van der Waals surface area (Å²) >= 11 is 10.9. The average molecular weight is 363 g/mol. The zero-order valence-corrected chi connectivity index (χ0v) is 13.6. The molecule has 1 unspecified atom stereocenters. The standard InChI is InChI=1S/C14H14BrClFNS/c1-9(10-2-4-12(16)13(17)8-10)18-7-6-11-3-5-14(15)19-11/h2-5,8-9,18H,6-7H2,1H3. The van der Waals surface area contributed by atoms with Crippen molar-refractivity contribution >= 4 is 38.9 Å². The lowest BCUT2D eigenvalue weighted by Gasteiger charge is -2.14. The van der Waals surface area contributed by atoms with Gasteiger partial charge in [0.25, 0.3) is 0 Å². The van der Waals surface area contributed by atoms with Crippen LogP contribution >= 0.6 is 38.9 Å². The molecule has 2 rings (SSSR count). The summed E-state index contributed by atoms with van der Waals surface area (Å²) in [5, 5.41) is 3.55. The first kappa shape index (κ1) is 15.0. The Kier molecular flexibility index (Phi) is 5.39. The van der Waals surface area contributed by atoms with Crippen molar-refractivity contribution in [3.8, 4) is 0 Å². The molecular formula is C14H14BrClFNS. The lowest BCUT2D eigenvalue weighted by atomic mass is 10.1. The van der Waals surface area contributed by atoms with Crippen molar-refractivity contribution in [3.05, 3.63) is 55.4 Å². The Morgan fingerprint density at radius 1 is 1.37 bits per heavy atom. The van der Waals surface area contributed by atoms with E-state index in [2.05, 4.69) is 33.4 Å². The van der Waals surface area contributed by atoms with E-state index in [9.17, 15) is 4.39 Å². The molecule has 1 aromatic carbocycles. The molecule has 0 radical (unpaired) electrons. The summed E-state index contributed by atoms with van der Waals surface area (Å²) < 4.78 is 14.5. The maximum absolute atomic E-state index is 13.4. The predicted molar refractivity (Wildman–Crippen MR) is 83.6 cm³/mol. The van der Waals surface area contributed by atoms with E-state index in [0.717, 1.165) is 22.3 Å². The molecule has 19 heavy (non-hydrogen) atoms. The minimum Gasteiger partial charge on any atom is -0.310 e. The van der Waals surface area contributed by atoms with Gasteiger partial charge in [-0.15, -0.1) is 11.3 Å². The number of benzene rings is 1. The number of halogens is 3. The van der Waals surface area contributed by atoms with Gasteiger partial charge >= 0.3 is 0 Å². The zero-order valence-electron chi connectivity index (χ0n) is 10.4. The third-order valence-corrected chi connectivity index (χ3v) is 4.88. The van der Waals surface area contributed by atoms with Crippen LogP contribution in [0.25, 0.3) is 0 Å². The van der Waals surface area contributed by atoms with Crippen molar-refractivity contribution in [1.82, 2.24) is 5.32 Å². The van der Waals surface area contributed by atoms with Crippen LogP contribution in [0.2, 0.25) is 5.02 Å². The zero-order chi connectivity index (χ0) is 13.8. The van der Waals surface area contributed by atoms with Gasteiger partial charge in [-0.3, -0.25) is 0 Å². The fourth-order valence-electron chi connectivity index (χ4n) is 1.80. The molecule has 0 fully saturated rings. The third-order valence-electron chi connectivity index (χ3n) is 2.89. The molecule has 0 aliphatic heterocycles. The molecule has 1 heterocycles. The highest BCUT2D eigenvalue weighted by Crippen LogP contribution is 2.23. The Bertz CT molecular complexity index is 558. The van der Waals surface area contributed by atoms with Crippen LogP contribution in [-0.4, -0.2) is 6.54 Å². The van der Waals surface area contributed by atoms with Gasteiger partial charge < -0.3 is 5.32 Å². The summed E-state index contributed by atoms with van der Waals surface area (Å²) in [5.74, 6) is -0.366. The Hall–Kier alpha value is -0.420. The van der Waals surface area contributed by atoms with E-state index in [1.165, 1.54) is 10.9 Å². The summed E-state index contributed by atoms with van der Waals surface area (Å²) in [4.78, 5) is 1.33. The van der Waals surface area contributed by atoms with Gasteiger partial charge in [0.1, 0.15) is 5.82 Å². The molecule has 0 amide bonds. The molecule has 1 nitrogen and oxygen atoms in total. The monoisotopic (exact) mass is 361 g/mol. The predicted octanol–water partition coefficient (Wildman–Crippen LogP) is 5.20. The van der Waals surface area contributed by atoms with E-state index in [4.69, 9.17) is 11.6 Å². The highest BCUT2D eigenvalue weighted by molar-refractivity contribution is 9.11. The van der Waals surface area contributed by atoms with Crippen LogP contribution in [0.15, 0.2) is 34.1 Å². The number of hydrogen-bond donors (Lipinski definition) is 1. The molecule has 0 aliphatic carbocycles. The lowest BCUT2D eigenvalue weighted by molar-refractivity contribution is 0.568. The highest BCUT2D eigenvalue weighted by Gasteiger charge is 2.08. The maximum Gasteiger partial charge on any atom is 0.142 e. The topological polar surface area (TPSA) is 12.0 Å². The minimum absolute atomic E-state index is 0.107. The second-order valence-corrected chi connectivity index (χ2v) is 7.26. The number of thiophene rings is 1. The Balaban J connectivity index is 1.86. The fraction of sp³-hybridized carbons (Fsp3) is 0.286. The normalized spacial score (nSPS) is 12.6. The molecule has 0 saturated heterocycles. The molecule has 0 bridgehead atoms. The molecular weight excluding hydrogens is 349 g/mol. The summed E-state index contributed by atoms with van der Waals surface area (Å²) in [5.41, 5.74) is 0.911.